The molecule has 0 saturated carbocycles. The SMILES string of the molecule is CCC(CN)C(=O)Nc1ccccc1S(=O)(=O)C(F)F. The van der Waals surface area contributed by atoms with Crippen LogP contribution >= 0.6 is 0 Å². The summed E-state index contributed by atoms with van der Waals surface area (Å²) in [6.45, 7) is 1.84. The van der Waals surface area contributed by atoms with Crippen LogP contribution in [0, 0.1) is 5.92 Å². The number of nitrogens with two attached hydrogens (primary N) is 1. The number of amides is 1. The first-order valence-corrected chi connectivity index (χ1v) is 7.51. The van der Waals surface area contributed by atoms with E-state index in [-0.39, 0.29) is 12.2 Å². The first-order chi connectivity index (χ1) is 9.34. The van der Waals surface area contributed by atoms with Gasteiger partial charge in [0, 0.05) is 6.54 Å². The number of sulfone groups is 1. The molecule has 0 spiro atoms. The molecule has 1 aromatic carbocycles. The molecule has 0 aliphatic heterocycles. The monoisotopic (exact) mass is 306 g/mol. The Kier molecular flexibility index (Phi) is 5.58. The Morgan fingerprint density at radius 3 is 2.45 bits per heavy atom. The van der Waals surface area contributed by atoms with E-state index in [1.807, 2.05) is 0 Å². The average Bonchev–Trinajstić information content (AvgIpc) is 2.40. The zero-order valence-electron chi connectivity index (χ0n) is 10.8. The minimum Gasteiger partial charge on any atom is -0.330 e. The lowest BCUT2D eigenvalue weighted by atomic mass is 10.1. The highest BCUT2D eigenvalue weighted by Crippen LogP contribution is 2.26. The van der Waals surface area contributed by atoms with Crippen LogP contribution in [-0.4, -0.2) is 26.6 Å². The highest BCUT2D eigenvalue weighted by Gasteiger charge is 2.29. The third-order valence-corrected chi connectivity index (χ3v) is 4.27. The smallest absolute Gasteiger partial charge is 0.330 e. The molecule has 1 rings (SSSR count). The van der Waals surface area contributed by atoms with Crippen molar-refractivity contribution in [3.63, 3.8) is 0 Å². The summed E-state index contributed by atoms with van der Waals surface area (Å²) >= 11 is 0. The molecule has 3 N–H and O–H groups in total. The van der Waals surface area contributed by atoms with E-state index in [9.17, 15) is 22.0 Å². The van der Waals surface area contributed by atoms with Gasteiger partial charge in [0.1, 0.15) is 0 Å². The van der Waals surface area contributed by atoms with Crippen molar-refractivity contribution < 1.29 is 22.0 Å². The predicted molar refractivity (Wildman–Crippen MR) is 71.1 cm³/mol. The molecule has 5 nitrogen and oxygen atoms in total. The minimum atomic E-state index is -4.77. The number of anilines is 1. The van der Waals surface area contributed by atoms with Crippen molar-refractivity contribution in [2.45, 2.75) is 24.0 Å². The average molecular weight is 306 g/mol. The van der Waals surface area contributed by atoms with Crippen molar-refractivity contribution in [2.24, 2.45) is 11.7 Å². The van der Waals surface area contributed by atoms with Crippen molar-refractivity contribution in [3.05, 3.63) is 24.3 Å². The van der Waals surface area contributed by atoms with Crippen LogP contribution in [0.5, 0.6) is 0 Å². The fourth-order valence-electron chi connectivity index (χ4n) is 1.61. The lowest BCUT2D eigenvalue weighted by Gasteiger charge is -2.15. The van der Waals surface area contributed by atoms with Crippen molar-refractivity contribution in [2.75, 3.05) is 11.9 Å². The second-order valence-electron chi connectivity index (χ2n) is 4.13. The Labute approximate surface area is 116 Å². The number of carbonyl (C=O) groups is 1. The lowest BCUT2D eigenvalue weighted by Crippen LogP contribution is -2.29. The van der Waals surface area contributed by atoms with Crippen LogP contribution in [-0.2, 0) is 14.6 Å². The highest BCUT2D eigenvalue weighted by atomic mass is 32.2. The molecule has 112 valence electrons. The zero-order valence-corrected chi connectivity index (χ0v) is 11.7. The van der Waals surface area contributed by atoms with Gasteiger partial charge in [-0.3, -0.25) is 4.79 Å². The molecule has 0 bridgehead atoms. The molecule has 8 heteroatoms. The number of rotatable bonds is 6. The fourth-order valence-corrected chi connectivity index (χ4v) is 2.49. The summed E-state index contributed by atoms with van der Waals surface area (Å²) in [6, 6.07) is 5.05. The zero-order chi connectivity index (χ0) is 15.3. The number of alkyl halides is 2. The van der Waals surface area contributed by atoms with E-state index in [1.54, 1.807) is 6.92 Å². The van der Waals surface area contributed by atoms with Crippen LogP contribution in [0.2, 0.25) is 0 Å². The standard InChI is InChI=1S/C12H16F2N2O3S/c1-2-8(7-15)11(17)16-9-5-3-4-6-10(9)20(18,19)12(13)14/h3-6,8,12H,2,7,15H2,1H3,(H,16,17). The Morgan fingerprint density at radius 2 is 1.95 bits per heavy atom. The predicted octanol–water partition coefficient (Wildman–Crippen LogP) is 1.61. The maximum absolute atomic E-state index is 12.6. The molecule has 20 heavy (non-hydrogen) atoms. The quantitative estimate of drug-likeness (QED) is 0.835. The molecule has 1 unspecified atom stereocenters. The minimum absolute atomic E-state index is 0.0894. The van der Waals surface area contributed by atoms with E-state index in [1.165, 1.54) is 18.2 Å². The van der Waals surface area contributed by atoms with Crippen LogP contribution in [0.1, 0.15) is 13.3 Å². The van der Waals surface area contributed by atoms with Gasteiger partial charge in [0.25, 0.3) is 0 Å². The van der Waals surface area contributed by atoms with E-state index in [4.69, 9.17) is 5.73 Å². The van der Waals surface area contributed by atoms with Crippen molar-refractivity contribution in [3.8, 4) is 0 Å². The summed E-state index contributed by atoms with van der Waals surface area (Å²) in [4.78, 5) is 11.2. The van der Waals surface area contributed by atoms with Gasteiger partial charge in [-0.05, 0) is 18.6 Å². The van der Waals surface area contributed by atoms with Crippen molar-refractivity contribution in [1.82, 2.24) is 0 Å². The van der Waals surface area contributed by atoms with Gasteiger partial charge < -0.3 is 11.1 Å². The topological polar surface area (TPSA) is 89.3 Å². The number of halogens is 2. The van der Waals surface area contributed by atoms with Crippen LogP contribution < -0.4 is 11.1 Å². The molecule has 1 atom stereocenters. The van der Waals surface area contributed by atoms with Gasteiger partial charge in [0.05, 0.1) is 16.5 Å². The normalized spacial score (nSPS) is 13.2. The summed E-state index contributed by atoms with van der Waals surface area (Å²) in [7, 11) is -4.77. The van der Waals surface area contributed by atoms with Gasteiger partial charge in [-0.25, -0.2) is 8.42 Å². The molecule has 1 aromatic rings. The molecular weight excluding hydrogens is 290 g/mol. The van der Waals surface area contributed by atoms with Crippen molar-refractivity contribution in [1.29, 1.82) is 0 Å². The third-order valence-electron chi connectivity index (χ3n) is 2.83. The summed E-state index contributed by atoms with van der Waals surface area (Å²) in [6.07, 6.45) is 0.464. The van der Waals surface area contributed by atoms with E-state index >= 15 is 0 Å². The van der Waals surface area contributed by atoms with Gasteiger partial charge in [0.15, 0.2) is 0 Å². The first-order valence-electron chi connectivity index (χ1n) is 5.96. The number of hydrogen-bond acceptors (Lipinski definition) is 4. The third kappa shape index (κ3) is 3.51. The van der Waals surface area contributed by atoms with E-state index < -0.39 is 32.3 Å². The summed E-state index contributed by atoms with van der Waals surface area (Å²) in [5.74, 6) is -4.54. The molecule has 0 aliphatic carbocycles. The summed E-state index contributed by atoms with van der Waals surface area (Å²) in [5.41, 5.74) is 5.25. The molecule has 0 aliphatic rings. The molecule has 1 amide bonds. The Morgan fingerprint density at radius 1 is 1.35 bits per heavy atom. The van der Waals surface area contributed by atoms with Crippen LogP contribution in [0.15, 0.2) is 29.2 Å². The second-order valence-corrected chi connectivity index (χ2v) is 6.02. The van der Waals surface area contributed by atoms with Gasteiger partial charge in [0.2, 0.25) is 15.7 Å². The highest BCUT2D eigenvalue weighted by molar-refractivity contribution is 7.91. The Balaban J connectivity index is 3.13. The molecule has 0 radical (unpaired) electrons. The summed E-state index contributed by atoms with van der Waals surface area (Å²) < 4.78 is 48.2. The van der Waals surface area contributed by atoms with Crippen molar-refractivity contribution >= 4 is 21.4 Å². The van der Waals surface area contributed by atoms with Crippen LogP contribution in [0.25, 0.3) is 0 Å². The summed E-state index contributed by atoms with van der Waals surface area (Å²) in [5, 5.41) is 2.34. The number of carbonyl (C=O) groups excluding carboxylic acids is 1. The van der Waals surface area contributed by atoms with Gasteiger partial charge in [-0.2, -0.15) is 8.78 Å². The van der Waals surface area contributed by atoms with Gasteiger partial charge in [-0.1, -0.05) is 19.1 Å². The van der Waals surface area contributed by atoms with E-state index in [2.05, 4.69) is 5.32 Å². The fraction of sp³-hybridized carbons (Fsp3) is 0.417. The Hall–Kier alpha value is -1.54. The van der Waals surface area contributed by atoms with E-state index in [0.29, 0.717) is 6.42 Å². The van der Waals surface area contributed by atoms with E-state index in [0.717, 1.165) is 6.07 Å². The maximum Gasteiger partial charge on any atom is 0.341 e. The maximum atomic E-state index is 12.6. The van der Waals surface area contributed by atoms with Gasteiger partial charge in [-0.15, -0.1) is 0 Å². The second kappa shape index (κ2) is 6.76. The Bertz CT molecular complexity index is 572. The molecule has 0 aromatic heterocycles. The number of hydrogen-bond donors (Lipinski definition) is 2. The number of para-hydroxylation sites is 1. The molecule has 0 saturated heterocycles. The lowest BCUT2D eigenvalue weighted by molar-refractivity contribution is -0.119. The van der Waals surface area contributed by atoms with Crippen LogP contribution in [0.3, 0.4) is 0 Å². The number of nitrogens with one attached hydrogen (secondary N) is 1. The molecule has 0 fully saturated rings. The number of benzene rings is 1. The molecular formula is C12H16F2N2O3S. The van der Waals surface area contributed by atoms with Gasteiger partial charge >= 0.3 is 5.76 Å². The van der Waals surface area contributed by atoms with Crippen LogP contribution in [0.4, 0.5) is 14.5 Å². The largest absolute Gasteiger partial charge is 0.341 e. The molecule has 0 heterocycles. The first kappa shape index (κ1) is 16.5.